The molecule has 0 unspecified atom stereocenters. The first-order valence-electron chi connectivity index (χ1n) is 3.60. The Hall–Kier alpha value is -1.43. The fourth-order valence-corrected chi connectivity index (χ4v) is 1.15. The van der Waals surface area contributed by atoms with Crippen LogP contribution in [-0.4, -0.2) is 5.91 Å². The molecule has 0 N–H and O–H groups in total. The second-order valence-corrected chi connectivity index (χ2v) is 3.00. The van der Waals surface area contributed by atoms with Gasteiger partial charge in [-0.05, 0) is 18.2 Å². The highest BCUT2D eigenvalue weighted by molar-refractivity contribution is 6.31. The van der Waals surface area contributed by atoms with Crippen molar-refractivity contribution >= 4 is 17.5 Å². The van der Waals surface area contributed by atoms with Crippen LogP contribution >= 0.6 is 11.6 Å². The summed E-state index contributed by atoms with van der Waals surface area (Å²) in [5.41, 5.74) is -1.61. The van der Waals surface area contributed by atoms with Gasteiger partial charge in [0.2, 0.25) is 0 Å². The fourth-order valence-electron chi connectivity index (χ4n) is 0.928. The maximum absolute atomic E-state index is 12.3. The van der Waals surface area contributed by atoms with E-state index in [1.807, 2.05) is 5.18 Å². The summed E-state index contributed by atoms with van der Waals surface area (Å²) in [5.74, 6) is -1.27. The van der Waals surface area contributed by atoms with E-state index in [0.717, 1.165) is 12.1 Å². The standard InChI is InChI=1S/C8H3ClF3NO2/c9-6-2-1-4(7(14)13-15)3-5(6)8(10,11)12/h1-3H. The van der Waals surface area contributed by atoms with Crippen LogP contribution in [0.4, 0.5) is 13.2 Å². The Balaban J connectivity index is 3.29. The third-order valence-corrected chi connectivity index (χ3v) is 1.93. The average Bonchev–Trinajstić information content (AvgIpc) is 2.15. The minimum atomic E-state index is -4.67. The number of amides is 1. The molecule has 0 aliphatic carbocycles. The molecule has 0 aromatic heterocycles. The summed E-state index contributed by atoms with van der Waals surface area (Å²) in [4.78, 5) is 20.6. The van der Waals surface area contributed by atoms with Gasteiger partial charge < -0.3 is 0 Å². The normalized spacial score (nSPS) is 11.2. The Bertz CT molecular complexity index is 417. The van der Waals surface area contributed by atoms with Gasteiger partial charge in [0, 0.05) is 10.7 Å². The molecule has 0 bridgehead atoms. The van der Waals surface area contributed by atoms with Gasteiger partial charge >= 0.3 is 12.1 Å². The van der Waals surface area contributed by atoms with Crippen molar-refractivity contribution in [3.05, 3.63) is 39.3 Å². The molecule has 1 aromatic carbocycles. The Morgan fingerprint density at radius 1 is 1.33 bits per heavy atom. The van der Waals surface area contributed by atoms with Crippen LogP contribution in [0.15, 0.2) is 23.4 Å². The van der Waals surface area contributed by atoms with Crippen LogP contribution < -0.4 is 0 Å². The highest BCUT2D eigenvalue weighted by atomic mass is 35.5. The highest BCUT2D eigenvalue weighted by Crippen LogP contribution is 2.35. The van der Waals surface area contributed by atoms with Gasteiger partial charge in [-0.25, -0.2) is 0 Å². The molecule has 0 fully saturated rings. The van der Waals surface area contributed by atoms with E-state index in [9.17, 15) is 22.9 Å². The van der Waals surface area contributed by atoms with E-state index in [-0.39, 0.29) is 0 Å². The van der Waals surface area contributed by atoms with E-state index in [2.05, 4.69) is 0 Å². The summed E-state index contributed by atoms with van der Waals surface area (Å²) in [6.45, 7) is 0. The Morgan fingerprint density at radius 2 is 1.93 bits per heavy atom. The van der Waals surface area contributed by atoms with E-state index in [4.69, 9.17) is 11.6 Å². The first kappa shape index (κ1) is 11.6. The van der Waals surface area contributed by atoms with E-state index in [1.54, 1.807) is 0 Å². The monoisotopic (exact) mass is 237 g/mol. The molecule has 1 amide bonds. The second-order valence-electron chi connectivity index (χ2n) is 2.59. The molecule has 1 rings (SSSR count). The molecule has 80 valence electrons. The predicted octanol–water partition coefficient (Wildman–Crippen LogP) is 3.27. The molecular formula is C8H3ClF3NO2. The van der Waals surface area contributed by atoms with Crippen LogP contribution in [0.3, 0.4) is 0 Å². The summed E-state index contributed by atoms with van der Waals surface area (Å²) in [6.07, 6.45) is -4.67. The third kappa shape index (κ3) is 2.53. The number of hydrogen-bond donors (Lipinski definition) is 0. The van der Waals surface area contributed by atoms with Crippen molar-refractivity contribution in [1.29, 1.82) is 0 Å². The van der Waals surface area contributed by atoms with Crippen LogP contribution in [0.1, 0.15) is 15.9 Å². The van der Waals surface area contributed by atoms with E-state index in [1.165, 1.54) is 0 Å². The number of carbonyl (C=O) groups excluding carboxylic acids is 1. The predicted molar refractivity (Wildman–Crippen MR) is 46.6 cm³/mol. The Morgan fingerprint density at radius 3 is 2.40 bits per heavy atom. The van der Waals surface area contributed by atoms with E-state index < -0.39 is 28.2 Å². The molecule has 3 nitrogen and oxygen atoms in total. The number of alkyl halides is 3. The smallest absolute Gasteiger partial charge is 0.263 e. The lowest BCUT2D eigenvalue weighted by Crippen LogP contribution is -2.07. The lowest BCUT2D eigenvalue weighted by molar-refractivity contribution is -0.137. The van der Waals surface area contributed by atoms with Crippen LogP contribution in [0.5, 0.6) is 0 Å². The SMILES string of the molecule is O=NC(=O)c1ccc(Cl)c(C(F)(F)F)c1. The second kappa shape index (κ2) is 3.98. The number of hydrogen-bond acceptors (Lipinski definition) is 2. The Labute approximate surface area is 86.8 Å². The number of nitroso groups, excluding NO2 is 1. The molecule has 7 heteroatoms. The molecule has 0 aliphatic rings. The third-order valence-electron chi connectivity index (χ3n) is 1.60. The van der Waals surface area contributed by atoms with Gasteiger partial charge in [-0.15, -0.1) is 4.91 Å². The number of carbonyl (C=O) groups is 1. The lowest BCUT2D eigenvalue weighted by Gasteiger charge is -2.08. The first-order valence-corrected chi connectivity index (χ1v) is 3.98. The van der Waals surface area contributed by atoms with Crippen molar-refractivity contribution in [2.45, 2.75) is 6.18 Å². The van der Waals surface area contributed by atoms with Crippen molar-refractivity contribution in [1.82, 2.24) is 0 Å². The number of nitrogens with zero attached hydrogens (tertiary/aromatic N) is 1. The van der Waals surface area contributed by atoms with Gasteiger partial charge in [0.15, 0.2) is 0 Å². The van der Waals surface area contributed by atoms with Crippen LogP contribution in [-0.2, 0) is 6.18 Å². The molecule has 0 saturated heterocycles. The topological polar surface area (TPSA) is 46.5 Å². The Kier molecular flexibility index (Phi) is 3.09. The summed E-state index contributed by atoms with van der Waals surface area (Å²) < 4.78 is 36.9. The average molecular weight is 238 g/mol. The summed E-state index contributed by atoms with van der Waals surface area (Å²) in [7, 11) is 0. The van der Waals surface area contributed by atoms with Gasteiger partial charge in [-0.2, -0.15) is 13.2 Å². The van der Waals surface area contributed by atoms with Gasteiger partial charge in [0.05, 0.1) is 10.6 Å². The summed E-state index contributed by atoms with van der Waals surface area (Å²) in [6, 6.07) is 2.39. The zero-order valence-corrected chi connectivity index (χ0v) is 7.76. The van der Waals surface area contributed by atoms with Crippen molar-refractivity contribution < 1.29 is 18.0 Å². The van der Waals surface area contributed by atoms with Gasteiger partial charge in [0.1, 0.15) is 0 Å². The van der Waals surface area contributed by atoms with Crippen molar-refractivity contribution in [2.75, 3.05) is 0 Å². The van der Waals surface area contributed by atoms with Crippen molar-refractivity contribution in [3.8, 4) is 0 Å². The molecule has 15 heavy (non-hydrogen) atoms. The summed E-state index contributed by atoms with van der Waals surface area (Å²) in [5, 5.41) is 1.48. The maximum atomic E-state index is 12.3. The maximum Gasteiger partial charge on any atom is 0.417 e. The van der Waals surface area contributed by atoms with Crippen molar-refractivity contribution in [3.63, 3.8) is 0 Å². The van der Waals surface area contributed by atoms with Crippen molar-refractivity contribution in [2.24, 2.45) is 5.18 Å². The quantitative estimate of drug-likeness (QED) is 0.704. The molecule has 0 heterocycles. The molecule has 0 atom stereocenters. The molecule has 0 spiro atoms. The van der Waals surface area contributed by atoms with Gasteiger partial charge in [-0.3, -0.25) is 4.79 Å². The van der Waals surface area contributed by atoms with Crippen LogP contribution in [0.25, 0.3) is 0 Å². The molecule has 0 aliphatic heterocycles. The first-order chi connectivity index (χ1) is 6.86. The molecule has 0 radical (unpaired) electrons. The largest absolute Gasteiger partial charge is 0.417 e. The molecule has 1 aromatic rings. The zero-order chi connectivity index (χ0) is 11.6. The minimum Gasteiger partial charge on any atom is -0.263 e. The van der Waals surface area contributed by atoms with E-state index >= 15 is 0 Å². The van der Waals surface area contributed by atoms with Crippen LogP contribution in [0, 0.1) is 4.91 Å². The molecule has 0 saturated carbocycles. The number of halogens is 4. The zero-order valence-electron chi connectivity index (χ0n) is 7.01. The van der Waals surface area contributed by atoms with Gasteiger partial charge in [0.25, 0.3) is 0 Å². The fraction of sp³-hybridized carbons (Fsp3) is 0.125. The minimum absolute atomic E-state index is 0.443. The highest BCUT2D eigenvalue weighted by Gasteiger charge is 2.33. The lowest BCUT2D eigenvalue weighted by atomic mass is 10.1. The number of benzene rings is 1. The van der Waals surface area contributed by atoms with E-state index in [0.29, 0.717) is 6.07 Å². The molecular weight excluding hydrogens is 235 g/mol. The number of rotatable bonds is 1. The van der Waals surface area contributed by atoms with Crippen LogP contribution in [0.2, 0.25) is 5.02 Å². The van der Waals surface area contributed by atoms with Gasteiger partial charge in [-0.1, -0.05) is 11.6 Å². The summed E-state index contributed by atoms with van der Waals surface area (Å²) >= 11 is 5.29.